The molecule has 0 aromatic heterocycles. The maximum Gasteiger partial charge on any atom is 0.253 e. The third-order valence-corrected chi connectivity index (χ3v) is 5.14. The second-order valence-corrected chi connectivity index (χ2v) is 7.89. The highest BCUT2D eigenvalue weighted by Gasteiger charge is 2.23. The van der Waals surface area contributed by atoms with E-state index in [4.69, 9.17) is 4.74 Å². The highest BCUT2D eigenvalue weighted by molar-refractivity contribution is 5.94. The zero-order chi connectivity index (χ0) is 21.3. The van der Waals surface area contributed by atoms with Crippen molar-refractivity contribution in [3.63, 3.8) is 0 Å². The second-order valence-electron chi connectivity index (χ2n) is 7.89. The Bertz CT molecular complexity index is 813. The van der Waals surface area contributed by atoms with Crippen LogP contribution in [0.2, 0.25) is 0 Å². The molecule has 0 bridgehead atoms. The summed E-state index contributed by atoms with van der Waals surface area (Å²) in [6, 6.07) is 17.5. The van der Waals surface area contributed by atoms with Crippen molar-refractivity contribution in [1.29, 1.82) is 0 Å². The Hall–Kier alpha value is -2.70. The third-order valence-electron chi connectivity index (χ3n) is 5.14. The fourth-order valence-electron chi connectivity index (χ4n) is 3.35. The van der Waals surface area contributed by atoms with Crippen LogP contribution in [0.4, 0.5) is 0 Å². The number of hydrogen-bond acceptors (Lipinski definition) is 4. The smallest absolute Gasteiger partial charge is 0.253 e. The van der Waals surface area contributed by atoms with Gasteiger partial charge in [-0.2, -0.15) is 0 Å². The van der Waals surface area contributed by atoms with Crippen molar-refractivity contribution < 1.29 is 14.3 Å². The average molecular weight is 410 g/mol. The average Bonchev–Trinajstić information content (AvgIpc) is 2.77. The van der Waals surface area contributed by atoms with Gasteiger partial charge in [-0.15, -0.1) is 0 Å². The lowest BCUT2D eigenvalue weighted by Gasteiger charge is -2.34. The number of hydrogen-bond donors (Lipinski definition) is 1. The standard InChI is InChI=1S/C24H31N3O3/c1-19(2)30-18-21-8-10-22(11-9-21)24(29)27-14-12-26(13-15-27)17-23(28)25-16-20-6-4-3-5-7-20/h3-11,19H,12-18H2,1-2H3,(H,25,28). The first-order valence-electron chi connectivity index (χ1n) is 10.5. The monoisotopic (exact) mass is 409 g/mol. The lowest BCUT2D eigenvalue weighted by atomic mass is 10.1. The summed E-state index contributed by atoms with van der Waals surface area (Å²) in [7, 11) is 0. The van der Waals surface area contributed by atoms with E-state index in [2.05, 4.69) is 10.2 Å². The van der Waals surface area contributed by atoms with Crippen molar-refractivity contribution >= 4 is 11.8 Å². The Kier molecular flexibility index (Phi) is 7.99. The largest absolute Gasteiger partial charge is 0.374 e. The topological polar surface area (TPSA) is 61.9 Å². The number of benzene rings is 2. The van der Waals surface area contributed by atoms with E-state index in [0.717, 1.165) is 11.1 Å². The van der Waals surface area contributed by atoms with Crippen molar-refractivity contribution in [2.24, 2.45) is 0 Å². The molecule has 1 N–H and O–H groups in total. The van der Waals surface area contributed by atoms with Gasteiger partial charge in [0.1, 0.15) is 0 Å². The fourth-order valence-corrected chi connectivity index (χ4v) is 3.35. The van der Waals surface area contributed by atoms with Crippen LogP contribution in [0.1, 0.15) is 35.3 Å². The number of nitrogens with zero attached hydrogens (tertiary/aromatic N) is 2. The molecule has 0 aliphatic carbocycles. The van der Waals surface area contributed by atoms with E-state index in [1.165, 1.54) is 0 Å². The highest BCUT2D eigenvalue weighted by atomic mass is 16.5. The van der Waals surface area contributed by atoms with Crippen molar-refractivity contribution in [1.82, 2.24) is 15.1 Å². The molecule has 1 heterocycles. The molecule has 2 aromatic rings. The first-order valence-corrected chi connectivity index (χ1v) is 10.5. The number of carbonyl (C=O) groups excluding carboxylic acids is 2. The zero-order valence-electron chi connectivity index (χ0n) is 17.8. The molecule has 0 atom stereocenters. The summed E-state index contributed by atoms with van der Waals surface area (Å²) in [4.78, 5) is 28.9. The minimum Gasteiger partial charge on any atom is -0.374 e. The molecule has 30 heavy (non-hydrogen) atoms. The van der Waals surface area contributed by atoms with Crippen LogP contribution in [0.5, 0.6) is 0 Å². The SMILES string of the molecule is CC(C)OCc1ccc(C(=O)N2CCN(CC(=O)NCc3ccccc3)CC2)cc1. The van der Waals surface area contributed by atoms with Crippen molar-refractivity contribution in [2.45, 2.75) is 33.1 Å². The van der Waals surface area contributed by atoms with E-state index in [1.54, 1.807) is 0 Å². The summed E-state index contributed by atoms with van der Waals surface area (Å²) in [5.41, 5.74) is 2.84. The van der Waals surface area contributed by atoms with Gasteiger partial charge in [-0.3, -0.25) is 14.5 Å². The molecule has 0 saturated carbocycles. The number of rotatable bonds is 8. The lowest BCUT2D eigenvalue weighted by Crippen LogP contribution is -2.51. The molecule has 160 valence electrons. The maximum absolute atomic E-state index is 12.8. The summed E-state index contributed by atoms with van der Waals surface area (Å²) >= 11 is 0. The summed E-state index contributed by atoms with van der Waals surface area (Å²) < 4.78 is 5.60. The maximum atomic E-state index is 12.8. The van der Waals surface area contributed by atoms with Gasteiger partial charge in [0, 0.05) is 38.3 Å². The van der Waals surface area contributed by atoms with Crippen LogP contribution in [-0.2, 0) is 22.7 Å². The number of piperazine rings is 1. The molecule has 1 saturated heterocycles. The van der Waals surface area contributed by atoms with Crippen LogP contribution in [0, 0.1) is 0 Å². The molecule has 2 amide bonds. The Morgan fingerprint density at radius 3 is 2.23 bits per heavy atom. The Labute approximate surface area is 178 Å². The number of nitrogens with one attached hydrogen (secondary N) is 1. The van der Waals surface area contributed by atoms with Gasteiger partial charge in [0.15, 0.2) is 0 Å². The van der Waals surface area contributed by atoms with Gasteiger partial charge in [-0.05, 0) is 37.1 Å². The quantitative estimate of drug-likeness (QED) is 0.728. The van der Waals surface area contributed by atoms with E-state index in [9.17, 15) is 9.59 Å². The molecular formula is C24H31N3O3. The third kappa shape index (κ3) is 6.68. The number of ether oxygens (including phenoxy) is 1. The molecule has 6 heteroatoms. The van der Waals surface area contributed by atoms with Gasteiger partial charge in [0.25, 0.3) is 5.91 Å². The van der Waals surface area contributed by atoms with E-state index in [1.807, 2.05) is 73.3 Å². The van der Waals surface area contributed by atoms with Crippen molar-refractivity contribution in [3.8, 4) is 0 Å². The molecule has 0 unspecified atom stereocenters. The van der Waals surface area contributed by atoms with E-state index >= 15 is 0 Å². The Morgan fingerprint density at radius 2 is 1.60 bits per heavy atom. The highest BCUT2D eigenvalue weighted by Crippen LogP contribution is 2.12. The van der Waals surface area contributed by atoms with Gasteiger partial charge in [0.2, 0.25) is 5.91 Å². The van der Waals surface area contributed by atoms with Gasteiger partial charge >= 0.3 is 0 Å². The van der Waals surface area contributed by atoms with Crippen molar-refractivity contribution in [2.75, 3.05) is 32.7 Å². The number of carbonyl (C=O) groups is 2. The molecule has 6 nitrogen and oxygen atoms in total. The minimum absolute atomic E-state index is 0.0119. The zero-order valence-corrected chi connectivity index (χ0v) is 17.8. The molecule has 0 spiro atoms. The summed E-state index contributed by atoms with van der Waals surface area (Å²) in [5, 5.41) is 2.96. The van der Waals surface area contributed by atoms with Gasteiger partial charge in [-0.25, -0.2) is 0 Å². The van der Waals surface area contributed by atoms with E-state index < -0.39 is 0 Å². The Morgan fingerprint density at radius 1 is 0.933 bits per heavy atom. The van der Waals surface area contributed by atoms with Crippen LogP contribution in [0.25, 0.3) is 0 Å². The lowest BCUT2D eigenvalue weighted by molar-refractivity contribution is -0.122. The van der Waals surface area contributed by atoms with Crippen LogP contribution in [-0.4, -0.2) is 60.4 Å². The molecule has 1 aliphatic rings. The van der Waals surface area contributed by atoms with Crippen LogP contribution in [0.3, 0.4) is 0 Å². The molecule has 3 rings (SSSR count). The van der Waals surface area contributed by atoms with Crippen LogP contribution >= 0.6 is 0 Å². The van der Waals surface area contributed by atoms with E-state index in [-0.39, 0.29) is 17.9 Å². The molecule has 1 aliphatic heterocycles. The molecular weight excluding hydrogens is 378 g/mol. The predicted molar refractivity (Wildman–Crippen MR) is 117 cm³/mol. The normalized spacial score (nSPS) is 14.7. The molecule has 0 radical (unpaired) electrons. The fraction of sp³-hybridized carbons (Fsp3) is 0.417. The molecule has 1 fully saturated rings. The predicted octanol–water partition coefficient (Wildman–Crippen LogP) is 2.69. The first-order chi connectivity index (χ1) is 14.5. The van der Waals surface area contributed by atoms with Crippen molar-refractivity contribution in [3.05, 3.63) is 71.3 Å². The Balaban J connectivity index is 1.41. The molecule has 2 aromatic carbocycles. The summed E-state index contributed by atoms with van der Waals surface area (Å²) in [6.07, 6.45) is 0.183. The van der Waals surface area contributed by atoms with Gasteiger partial charge in [-0.1, -0.05) is 42.5 Å². The van der Waals surface area contributed by atoms with Crippen LogP contribution in [0.15, 0.2) is 54.6 Å². The number of amides is 2. The first kappa shape index (κ1) is 22.0. The minimum atomic E-state index is 0.0119. The second kappa shape index (κ2) is 10.9. The summed E-state index contributed by atoms with van der Waals surface area (Å²) in [5.74, 6) is 0.0531. The van der Waals surface area contributed by atoms with Gasteiger partial charge < -0.3 is 15.0 Å². The van der Waals surface area contributed by atoms with Gasteiger partial charge in [0.05, 0.1) is 19.3 Å². The van der Waals surface area contributed by atoms with Crippen LogP contribution < -0.4 is 5.32 Å². The van der Waals surface area contributed by atoms with E-state index in [0.29, 0.717) is 51.4 Å². The summed E-state index contributed by atoms with van der Waals surface area (Å²) in [6.45, 7) is 8.11.